The van der Waals surface area contributed by atoms with E-state index in [2.05, 4.69) is 39.1 Å². The zero-order valence-corrected chi connectivity index (χ0v) is 14.1. The third-order valence-electron chi connectivity index (χ3n) is 5.70. The predicted octanol–water partition coefficient (Wildman–Crippen LogP) is 3.51. The number of aryl methyl sites for hydroxylation is 1. The van der Waals surface area contributed by atoms with Crippen molar-refractivity contribution in [3.05, 3.63) is 77.7 Å². The van der Waals surface area contributed by atoms with Crippen LogP contribution in [-0.4, -0.2) is 21.5 Å². The van der Waals surface area contributed by atoms with Gasteiger partial charge in [-0.25, -0.2) is 4.98 Å². The molecule has 2 aliphatic rings. The number of imidazole rings is 1. The van der Waals surface area contributed by atoms with Crippen LogP contribution in [0.4, 0.5) is 0 Å². The van der Waals surface area contributed by atoms with Crippen molar-refractivity contribution >= 4 is 5.91 Å². The second-order valence-corrected chi connectivity index (χ2v) is 7.12. The van der Waals surface area contributed by atoms with Gasteiger partial charge in [-0.05, 0) is 37.0 Å². The van der Waals surface area contributed by atoms with E-state index in [0.29, 0.717) is 0 Å². The number of rotatable bonds is 2. The molecule has 1 amide bonds. The average molecular weight is 329 g/mol. The number of hydrogen-bond acceptors (Lipinski definition) is 2. The number of amides is 1. The van der Waals surface area contributed by atoms with E-state index in [1.54, 1.807) is 0 Å². The Balaban J connectivity index is 1.40. The molecule has 25 heavy (non-hydrogen) atoms. The SMILES string of the molecule is Cc1ccccc1C(=O)NC1CC2(C1)c1ccccc1-c1cncn12. The molecule has 1 aliphatic carbocycles. The standard InChI is InChI=1S/C21H19N3O/c1-14-6-2-3-7-16(14)20(25)23-15-10-21(11-15)18-9-5-4-8-17(18)19-12-22-13-24(19)21/h2-9,12-13,15H,10-11H2,1H3,(H,23,25). The quantitative estimate of drug-likeness (QED) is 0.782. The lowest BCUT2D eigenvalue weighted by molar-refractivity contribution is 0.0835. The van der Waals surface area contributed by atoms with Crippen LogP contribution in [0.3, 0.4) is 0 Å². The summed E-state index contributed by atoms with van der Waals surface area (Å²) in [6.07, 6.45) is 5.68. The Morgan fingerprint density at radius 3 is 2.76 bits per heavy atom. The third-order valence-corrected chi connectivity index (χ3v) is 5.70. The van der Waals surface area contributed by atoms with Crippen molar-refractivity contribution in [1.29, 1.82) is 0 Å². The predicted molar refractivity (Wildman–Crippen MR) is 96.4 cm³/mol. The molecule has 3 aromatic rings. The molecule has 0 unspecified atom stereocenters. The largest absolute Gasteiger partial charge is 0.349 e. The Kier molecular flexibility index (Phi) is 2.93. The van der Waals surface area contributed by atoms with Crippen LogP contribution in [0.2, 0.25) is 0 Å². The van der Waals surface area contributed by atoms with Crippen LogP contribution in [0, 0.1) is 6.92 Å². The number of nitrogens with one attached hydrogen (secondary N) is 1. The number of nitrogens with zero attached hydrogens (tertiary/aromatic N) is 2. The Labute approximate surface area is 146 Å². The van der Waals surface area contributed by atoms with Crippen LogP contribution >= 0.6 is 0 Å². The van der Waals surface area contributed by atoms with E-state index in [4.69, 9.17) is 0 Å². The summed E-state index contributed by atoms with van der Waals surface area (Å²) in [4.78, 5) is 16.9. The van der Waals surface area contributed by atoms with Crippen LogP contribution in [0.1, 0.15) is 34.3 Å². The molecule has 2 aromatic carbocycles. The van der Waals surface area contributed by atoms with Crippen molar-refractivity contribution in [3.8, 4) is 11.3 Å². The van der Waals surface area contributed by atoms with E-state index in [9.17, 15) is 4.79 Å². The third kappa shape index (κ3) is 1.94. The molecule has 0 radical (unpaired) electrons. The second-order valence-electron chi connectivity index (χ2n) is 7.12. The van der Waals surface area contributed by atoms with E-state index in [1.165, 1.54) is 16.8 Å². The van der Waals surface area contributed by atoms with Gasteiger partial charge in [-0.15, -0.1) is 0 Å². The topological polar surface area (TPSA) is 46.9 Å². The van der Waals surface area contributed by atoms with Crippen LogP contribution < -0.4 is 5.32 Å². The highest BCUT2D eigenvalue weighted by Crippen LogP contribution is 2.54. The summed E-state index contributed by atoms with van der Waals surface area (Å²) in [5.41, 5.74) is 5.53. The zero-order valence-electron chi connectivity index (χ0n) is 14.1. The first-order valence-corrected chi connectivity index (χ1v) is 8.68. The number of carbonyl (C=O) groups excluding carboxylic acids is 1. The Hall–Kier alpha value is -2.88. The van der Waals surface area contributed by atoms with Gasteiger partial charge in [0.1, 0.15) is 0 Å². The molecule has 1 spiro atoms. The van der Waals surface area contributed by atoms with Gasteiger partial charge in [0.2, 0.25) is 0 Å². The lowest BCUT2D eigenvalue weighted by atomic mass is 9.68. The van der Waals surface area contributed by atoms with E-state index in [-0.39, 0.29) is 17.5 Å². The van der Waals surface area contributed by atoms with Gasteiger partial charge >= 0.3 is 0 Å². The van der Waals surface area contributed by atoms with Gasteiger partial charge < -0.3 is 9.88 Å². The molecule has 1 N–H and O–H groups in total. The van der Waals surface area contributed by atoms with Gasteiger partial charge in [0, 0.05) is 17.2 Å². The minimum atomic E-state index is -0.0495. The van der Waals surface area contributed by atoms with Crippen LogP contribution in [0.15, 0.2) is 61.1 Å². The van der Waals surface area contributed by atoms with E-state index >= 15 is 0 Å². The summed E-state index contributed by atoms with van der Waals surface area (Å²) < 4.78 is 2.29. The van der Waals surface area contributed by atoms with Crippen LogP contribution in [0.5, 0.6) is 0 Å². The van der Waals surface area contributed by atoms with E-state index < -0.39 is 0 Å². The molecule has 1 aliphatic heterocycles. The highest BCUT2D eigenvalue weighted by atomic mass is 16.1. The zero-order chi connectivity index (χ0) is 17.0. The molecule has 1 aromatic heterocycles. The summed E-state index contributed by atoms with van der Waals surface area (Å²) in [6.45, 7) is 1.97. The van der Waals surface area contributed by atoms with Gasteiger partial charge in [0.25, 0.3) is 5.91 Å². The van der Waals surface area contributed by atoms with Crippen molar-refractivity contribution in [1.82, 2.24) is 14.9 Å². The molecular formula is C21H19N3O. The molecule has 0 saturated heterocycles. The minimum absolute atomic E-state index is 0.0232. The molecule has 0 atom stereocenters. The summed E-state index contributed by atoms with van der Waals surface area (Å²) in [7, 11) is 0. The molecule has 0 bridgehead atoms. The maximum absolute atomic E-state index is 12.6. The van der Waals surface area contributed by atoms with E-state index in [0.717, 1.165) is 24.0 Å². The van der Waals surface area contributed by atoms with Gasteiger partial charge in [0.05, 0.1) is 23.8 Å². The van der Waals surface area contributed by atoms with Crippen molar-refractivity contribution in [2.24, 2.45) is 0 Å². The maximum Gasteiger partial charge on any atom is 0.251 e. The Bertz CT molecular complexity index is 982. The molecule has 4 heteroatoms. The molecule has 5 rings (SSSR count). The second kappa shape index (κ2) is 5.06. The number of fused-ring (bicyclic) bond motifs is 5. The van der Waals surface area contributed by atoms with Crippen LogP contribution in [-0.2, 0) is 5.54 Å². The lowest BCUT2D eigenvalue weighted by Crippen LogP contribution is -2.55. The summed E-state index contributed by atoms with van der Waals surface area (Å²) in [5.74, 6) is 0.0232. The van der Waals surface area contributed by atoms with Crippen LogP contribution in [0.25, 0.3) is 11.3 Å². The summed E-state index contributed by atoms with van der Waals surface area (Å²) in [6, 6.07) is 16.5. The highest BCUT2D eigenvalue weighted by molar-refractivity contribution is 5.95. The van der Waals surface area contributed by atoms with Gasteiger partial charge in [0.15, 0.2) is 0 Å². The van der Waals surface area contributed by atoms with Crippen molar-refractivity contribution in [2.75, 3.05) is 0 Å². The average Bonchev–Trinajstić information content (AvgIpc) is 3.16. The number of carbonyl (C=O) groups is 1. The molecule has 124 valence electrons. The summed E-state index contributed by atoms with van der Waals surface area (Å²) in [5, 5.41) is 3.21. The number of aromatic nitrogens is 2. The fourth-order valence-corrected chi connectivity index (χ4v) is 4.44. The minimum Gasteiger partial charge on any atom is -0.349 e. The molecule has 1 saturated carbocycles. The van der Waals surface area contributed by atoms with Gasteiger partial charge in [-0.3, -0.25) is 4.79 Å². The Morgan fingerprint density at radius 1 is 1.16 bits per heavy atom. The molecular weight excluding hydrogens is 310 g/mol. The maximum atomic E-state index is 12.6. The normalized spacial score (nSPS) is 23.0. The number of benzene rings is 2. The fourth-order valence-electron chi connectivity index (χ4n) is 4.44. The Morgan fingerprint density at radius 2 is 1.92 bits per heavy atom. The van der Waals surface area contributed by atoms with E-state index in [1.807, 2.05) is 43.7 Å². The first kappa shape index (κ1) is 14.5. The molecule has 4 nitrogen and oxygen atoms in total. The highest BCUT2D eigenvalue weighted by Gasteiger charge is 2.52. The lowest BCUT2D eigenvalue weighted by Gasteiger charge is -2.47. The van der Waals surface area contributed by atoms with Crippen molar-refractivity contribution in [2.45, 2.75) is 31.3 Å². The van der Waals surface area contributed by atoms with Crippen molar-refractivity contribution in [3.63, 3.8) is 0 Å². The first-order chi connectivity index (χ1) is 12.2. The molecule has 2 heterocycles. The smallest absolute Gasteiger partial charge is 0.251 e. The van der Waals surface area contributed by atoms with Gasteiger partial charge in [-0.2, -0.15) is 0 Å². The van der Waals surface area contributed by atoms with Gasteiger partial charge in [-0.1, -0.05) is 42.5 Å². The first-order valence-electron chi connectivity index (χ1n) is 8.68. The van der Waals surface area contributed by atoms with Crippen molar-refractivity contribution < 1.29 is 4.79 Å². The number of hydrogen-bond donors (Lipinski definition) is 1. The monoisotopic (exact) mass is 329 g/mol. The fraction of sp³-hybridized carbons (Fsp3) is 0.238. The molecule has 1 fully saturated rings. The summed E-state index contributed by atoms with van der Waals surface area (Å²) >= 11 is 0.